The first-order valence-corrected chi connectivity index (χ1v) is 7.12. The van der Waals surface area contributed by atoms with E-state index < -0.39 is 0 Å². The molecule has 7 nitrogen and oxygen atoms in total. The lowest BCUT2D eigenvalue weighted by Gasteiger charge is -2.17. The molecule has 0 saturated heterocycles. The molecule has 1 heterocycles. The lowest BCUT2D eigenvalue weighted by Crippen LogP contribution is -2.34. The van der Waals surface area contributed by atoms with Crippen molar-refractivity contribution in [1.82, 2.24) is 15.1 Å². The third-order valence-electron chi connectivity index (χ3n) is 2.67. The number of methoxy groups -OCH3 is 1. The highest BCUT2D eigenvalue weighted by Crippen LogP contribution is 2.25. The largest absolute Gasteiger partial charge is 0.493 e. The van der Waals surface area contributed by atoms with Crippen molar-refractivity contribution in [2.45, 2.75) is 0 Å². The Morgan fingerprint density at radius 3 is 2.81 bits per heavy atom. The van der Waals surface area contributed by atoms with Crippen LogP contribution in [0.4, 0.5) is 9.93 Å². The molecule has 8 heteroatoms. The molecule has 112 valence electrons. The predicted molar refractivity (Wildman–Crippen MR) is 80.0 cm³/mol. The van der Waals surface area contributed by atoms with Crippen molar-refractivity contribution in [2.75, 3.05) is 32.6 Å². The van der Waals surface area contributed by atoms with E-state index in [1.54, 1.807) is 19.7 Å². The fourth-order valence-corrected chi connectivity index (χ4v) is 1.98. The number of amides is 2. The molecule has 0 aliphatic heterocycles. The van der Waals surface area contributed by atoms with Gasteiger partial charge in [0.25, 0.3) is 0 Å². The van der Waals surface area contributed by atoms with Crippen molar-refractivity contribution in [3.63, 3.8) is 0 Å². The van der Waals surface area contributed by atoms with Crippen LogP contribution in [0.5, 0.6) is 11.5 Å². The van der Waals surface area contributed by atoms with Crippen LogP contribution in [0.15, 0.2) is 29.8 Å². The standard InChI is InChI=1S/C13H16N4O3S/c1-17(13(18)15-12-16-14-9-21-12)7-8-20-11-6-4-3-5-10(11)19-2/h3-6,9H,7-8H2,1-2H3,(H,15,16,18). The van der Waals surface area contributed by atoms with E-state index in [1.807, 2.05) is 24.3 Å². The Morgan fingerprint density at radius 2 is 2.14 bits per heavy atom. The molecule has 1 aromatic heterocycles. The van der Waals surface area contributed by atoms with Gasteiger partial charge in [-0.3, -0.25) is 5.32 Å². The molecule has 0 atom stereocenters. The van der Waals surface area contributed by atoms with E-state index >= 15 is 0 Å². The average Bonchev–Trinajstić information content (AvgIpc) is 3.00. The molecule has 0 bridgehead atoms. The van der Waals surface area contributed by atoms with E-state index in [-0.39, 0.29) is 6.03 Å². The third-order valence-corrected chi connectivity index (χ3v) is 3.28. The van der Waals surface area contributed by atoms with Crippen LogP contribution in [-0.4, -0.2) is 48.4 Å². The van der Waals surface area contributed by atoms with E-state index in [4.69, 9.17) is 9.47 Å². The maximum Gasteiger partial charge on any atom is 0.323 e. The zero-order chi connectivity index (χ0) is 15.1. The van der Waals surface area contributed by atoms with Crippen molar-refractivity contribution in [3.05, 3.63) is 29.8 Å². The van der Waals surface area contributed by atoms with Crippen LogP contribution < -0.4 is 14.8 Å². The summed E-state index contributed by atoms with van der Waals surface area (Å²) in [5, 5.41) is 10.5. The molecule has 0 spiro atoms. The lowest BCUT2D eigenvalue weighted by atomic mass is 10.3. The highest BCUT2D eigenvalue weighted by atomic mass is 32.1. The van der Waals surface area contributed by atoms with E-state index in [9.17, 15) is 4.79 Å². The van der Waals surface area contributed by atoms with Gasteiger partial charge in [-0.2, -0.15) is 0 Å². The highest BCUT2D eigenvalue weighted by Gasteiger charge is 2.11. The first kappa shape index (κ1) is 15.0. The second-order valence-corrected chi connectivity index (χ2v) is 4.93. The Hall–Kier alpha value is -2.35. The van der Waals surface area contributed by atoms with Crippen LogP contribution in [0.25, 0.3) is 0 Å². The minimum absolute atomic E-state index is 0.254. The van der Waals surface area contributed by atoms with Crippen molar-refractivity contribution in [2.24, 2.45) is 0 Å². The first-order chi connectivity index (χ1) is 10.2. The molecule has 1 N–H and O–H groups in total. The number of carbonyl (C=O) groups excluding carboxylic acids is 1. The van der Waals surface area contributed by atoms with Gasteiger partial charge in [-0.15, -0.1) is 10.2 Å². The minimum atomic E-state index is -0.254. The van der Waals surface area contributed by atoms with E-state index in [0.717, 1.165) is 0 Å². The summed E-state index contributed by atoms with van der Waals surface area (Å²) in [6.45, 7) is 0.795. The van der Waals surface area contributed by atoms with Crippen LogP contribution in [0, 0.1) is 0 Å². The number of hydrogen-bond donors (Lipinski definition) is 1. The van der Waals surface area contributed by atoms with Crippen molar-refractivity contribution >= 4 is 22.5 Å². The summed E-state index contributed by atoms with van der Waals surface area (Å²) in [5.41, 5.74) is 1.56. The van der Waals surface area contributed by atoms with Gasteiger partial charge in [0.05, 0.1) is 13.7 Å². The van der Waals surface area contributed by atoms with Gasteiger partial charge < -0.3 is 14.4 Å². The summed E-state index contributed by atoms with van der Waals surface area (Å²) in [6, 6.07) is 7.12. The third kappa shape index (κ3) is 4.32. The molecule has 21 heavy (non-hydrogen) atoms. The van der Waals surface area contributed by atoms with Gasteiger partial charge >= 0.3 is 6.03 Å². The normalized spacial score (nSPS) is 10.0. The molecule has 0 saturated carbocycles. The zero-order valence-electron chi connectivity index (χ0n) is 11.8. The lowest BCUT2D eigenvalue weighted by molar-refractivity contribution is 0.206. The van der Waals surface area contributed by atoms with Crippen molar-refractivity contribution < 1.29 is 14.3 Å². The van der Waals surface area contributed by atoms with E-state index in [1.165, 1.54) is 16.2 Å². The maximum absolute atomic E-state index is 11.8. The van der Waals surface area contributed by atoms with Gasteiger partial charge in [0.15, 0.2) is 11.5 Å². The summed E-state index contributed by atoms with van der Waals surface area (Å²) in [4.78, 5) is 13.4. The van der Waals surface area contributed by atoms with Crippen LogP contribution in [0.3, 0.4) is 0 Å². The summed E-state index contributed by atoms with van der Waals surface area (Å²) in [7, 11) is 3.27. The number of nitrogens with one attached hydrogen (secondary N) is 1. The highest BCUT2D eigenvalue weighted by molar-refractivity contribution is 7.13. The number of anilines is 1. The van der Waals surface area contributed by atoms with Gasteiger partial charge in [-0.25, -0.2) is 4.79 Å². The molecule has 0 aliphatic carbocycles. The maximum atomic E-state index is 11.8. The number of urea groups is 1. The summed E-state index contributed by atoms with van der Waals surface area (Å²) >= 11 is 1.27. The van der Waals surface area contributed by atoms with Gasteiger partial charge in [0.2, 0.25) is 5.13 Å². The monoisotopic (exact) mass is 308 g/mol. The fraction of sp³-hybridized carbons (Fsp3) is 0.308. The molecule has 0 radical (unpaired) electrons. The predicted octanol–water partition coefficient (Wildman–Crippen LogP) is 2.09. The number of benzene rings is 1. The van der Waals surface area contributed by atoms with Gasteiger partial charge in [-0.05, 0) is 12.1 Å². The van der Waals surface area contributed by atoms with Crippen LogP contribution in [0.2, 0.25) is 0 Å². The molecule has 2 amide bonds. The van der Waals surface area contributed by atoms with E-state index in [2.05, 4.69) is 15.5 Å². The number of hydrogen-bond acceptors (Lipinski definition) is 6. The minimum Gasteiger partial charge on any atom is -0.493 e. The Morgan fingerprint density at radius 1 is 1.38 bits per heavy atom. The van der Waals surface area contributed by atoms with Crippen LogP contribution in [-0.2, 0) is 0 Å². The smallest absolute Gasteiger partial charge is 0.323 e. The SMILES string of the molecule is COc1ccccc1OCCN(C)C(=O)Nc1nncs1. The zero-order valence-corrected chi connectivity index (χ0v) is 12.6. The second-order valence-electron chi connectivity index (χ2n) is 4.09. The number of ether oxygens (including phenoxy) is 2. The van der Waals surface area contributed by atoms with Crippen molar-refractivity contribution in [1.29, 1.82) is 0 Å². The van der Waals surface area contributed by atoms with Gasteiger partial charge in [0.1, 0.15) is 12.1 Å². The number of aromatic nitrogens is 2. The Balaban J connectivity index is 1.78. The number of carbonyl (C=O) groups is 1. The summed E-state index contributed by atoms with van der Waals surface area (Å²) < 4.78 is 10.8. The Kier molecular flexibility index (Phi) is 5.33. The topological polar surface area (TPSA) is 76.6 Å². The average molecular weight is 308 g/mol. The molecule has 2 rings (SSSR count). The second kappa shape index (κ2) is 7.44. The molecule has 0 unspecified atom stereocenters. The van der Waals surface area contributed by atoms with Crippen LogP contribution in [0.1, 0.15) is 0 Å². The number of nitrogens with zero attached hydrogens (tertiary/aromatic N) is 3. The van der Waals surface area contributed by atoms with Crippen molar-refractivity contribution in [3.8, 4) is 11.5 Å². The molecular formula is C13H16N4O3S. The fourth-order valence-electron chi connectivity index (χ4n) is 1.55. The van der Waals surface area contributed by atoms with E-state index in [0.29, 0.717) is 29.8 Å². The van der Waals surface area contributed by atoms with Crippen LogP contribution >= 0.6 is 11.3 Å². The molecular weight excluding hydrogens is 292 g/mol. The number of likely N-dealkylation sites (N-methyl/N-ethyl adjacent to an activating group) is 1. The first-order valence-electron chi connectivity index (χ1n) is 6.25. The Labute approximate surface area is 126 Å². The molecule has 0 aliphatic rings. The summed E-state index contributed by atoms with van der Waals surface area (Å²) in [6.07, 6.45) is 0. The molecule has 0 fully saturated rings. The number of rotatable bonds is 6. The van der Waals surface area contributed by atoms with Gasteiger partial charge in [0, 0.05) is 7.05 Å². The quantitative estimate of drug-likeness (QED) is 0.884. The molecule has 1 aromatic carbocycles. The molecule has 2 aromatic rings. The van der Waals surface area contributed by atoms with Gasteiger partial charge in [-0.1, -0.05) is 23.5 Å². The summed E-state index contributed by atoms with van der Waals surface area (Å²) in [5.74, 6) is 1.32. The Bertz CT molecular complexity index is 577. The number of para-hydroxylation sites is 2.